The normalized spacial score (nSPS) is 17.9. The number of hydrogen-bond donors (Lipinski definition) is 3. The molecule has 1 aliphatic heterocycles. The minimum atomic E-state index is -0.644. The van der Waals surface area contributed by atoms with Crippen molar-refractivity contribution in [3.63, 3.8) is 0 Å². The summed E-state index contributed by atoms with van der Waals surface area (Å²) >= 11 is 3.51. The molecule has 36 heavy (non-hydrogen) atoms. The standard InChI is InChI=1S/C25H28BrF2N5O3/c1-35-6-5-33-12-20(16-8-18(27)10-19(28)9-16)23(13-33)29-25(34)30-24-11-22(31-32-24)15-3-4-21(26)17(7-15)14-36-2/h3-4,7-11,20,23H,5-6,12-14H2,1-2H3,(H3,29,30,31,32,34)/t20-,23+/m0/s1. The highest BCUT2D eigenvalue weighted by molar-refractivity contribution is 9.10. The number of H-pyrrole nitrogens is 1. The second kappa shape index (κ2) is 11.9. The number of nitrogens with one attached hydrogen (secondary N) is 3. The number of benzene rings is 2. The first-order valence-corrected chi connectivity index (χ1v) is 12.2. The van der Waals surface area contributed by atoms with Crippen LogP contribution in [-0.2, 0) is 16.1 Å². The van der Waals surface area contributed by atoms with Crippen LogP contribution in [0.4, 0.5) is 19.4 Å². The first-order valence-electron chi connectivity index (χ1n) is 11.4. The van der Waals surface area contributed by atoms with Crippen LogP contribution in [0.1, 0.15) is 17.0 Å². The van der Waals surface area contributed by atoms with E-state index in [0.29, 0.717) is 44.2 Å². The van der Waals surface area contributed by atoms with E-state index in [9.17, 15) is 13.6 Å². The number of carbonyl (C=O) groups excluding carboxylic acids is 1. The van der Waals surface area contributed by atoms with Gasteiger partial charge in [-0.25, -0.2) is 13.6 Å². The fourth-order valence-corrected chi connectivity index (χ4v) is 4.79. The maximum atomic E-state index is 13.9. The third kappa shape index (κ3) is 6.47. The minimum Gasteiger partial charge on any atom is -0.383 e. The van der Waals surface area contributed by atoms with Gasteiger partial charge in [0.05, 0.1) is 24.9 Å². The number of aromatic amines is 1. The Kier molecular flexibility index (Phi) is 8.68. The number of amides is 2. The van der Waals surface area contributed by atoms with E-state index in [-0.39, 0.29) is 12.0 Å². The largest absolute Gasteiger partial charge is 0.383 e. The molecule has 4 rings (SSSR count). The van der Waals surface area contributed by atoms with Crippen molar-refractivity contribution in [2.24, 2.45) is 0 Å². The van der Waals surface area contributed by atoms with Gasteiger partial charge >= 0.3 is 6.03 Å². The quantitative estimate of drug-likeness (QED) is 0.356. The zero-order chi connectivity index (χ0) is 25.7. The minimum absolute atomic E-state index is 0.283. The van der Waals surface area contributed by atoms with Crippen LogP contribution in [0, 0.1) is 11.6 Å². The van der Waals surface area contributed by atoms with Crippen molar-refractivity contribution in [1.82, 2.24) is 20.4 Å². The topological polar surface area (TPSA) is 91.5 Å². The third-order valence-electron chi connectivity index (χ3n) is 6.11. The molecule has 192 valence electrons. The molecule has 3 N–H and O–H groups in total. The Morgan fingerprint density at radius 1 is 1.14 bits per heavy atom. The number of ether oxygens (including phenoxy) is 2. The van der Waals surface area contributed by atoms with Gasteiger partial charge in [0.25, 0.3) is 0 Å². The van der Waals surface area contributed by atoms with Crippen LogP contribution in [0.3, 0.4) is 0 Å². The van der Waals surface area contributed by atoms with E-state index < -0.39 is 17.7 Å². The number of nitrogens with zero attached hydrogens (tertiary/aromatic N) is 2. The Morgan fingerprint density at radius 2 is 1.92 bits per heavy atom. The number of methoxy groups -OCH3 is 2. The lowest BCUT2D eigenvalue weighted by atomic mass is 9.94. The first kappa shape index (κ1) is 26.2. The Balaban J connectivity index is 1.45. The summed E-state index contributed by atoms with van der Waals surface area (Å²) in [6.07, 6.45) is 0. The molecular weight excluding hydrogens is 536 g/mol. The van der Waals surface area contributed by atoms with Gasteiger partial charge in [0, 0.05) is 61.9 Å². The van der Waals surface area contributed by atoms with Crippen molar-refractivity contribution in [3.8, 4) is 11.3 Å². The Labute approximate surface area is 216 Å². The van der Waals surface area contributed by atoms with Crippen LogP contribution in [0.5, 0.6) is 0 Å². The monoisotopic (exact) mass is 563 g/mol. The van der Waals surface area contributed by atoms with Crippen molar-refractivity contribution in [1.29, 1.82) is 0 Å². The molecule has 2 amide bonds. The molecule has 0 saturated carbocycles. The van der Waals surface area contributed by atoms with Crippen molar-refractivity contribution in [3.05, 3.63) is 69.7 Å². The molecule has 0 unspecified atom stereocenters. The van der Waals surface area contributed by atoms with E-state index in [1.807, 2.05) is 18.2 Å². The van der Waals surface area contributed by atoms with Crippen molar-refractivity contribution in [2.75, 3.05) is 45.8 Å². The molecular formula is C25H28BrF2N5O3. The zero-order valence-corrected chi connectivity index (χ0v) is 21.6. The number of carbonyl (C=O) groups is 1. The van der Waals surface area contributed by atoms with Gasteiger partial charge in [0.2, 0.25) is 0 Å². The molecule has 2 atom stereocenters. The van der Waals surface area contributed by atoms with Gasteiger partial charge in [-0.05, 0) is 35.4 Å². The van der Waals surface area contributed by atoms with Crippen LogP contribution >= 0.6 is 15.9 Å². The molecule has 8 nitrogen and oxygen atoms in total. The Morgan fingerprint density at radius 3 is 2.64 bits per heavy atom. The van der Waals surface area contributed by atoms with Gasteiger partial charge in [0.1, 0.15) is 11.6 Å². The maximum Gasteiger partial charge on any atom is 0.320 e. The molecule has 3 aromatic rings. The van der Waals surface area contributed by atoms with Gasteiger partial charge in [0.15, 0.2) is 5.82 Å². The number of rotatable bonds is 9. The lowest BCUT2D eigenvalue weighted by molar-refractivity contribution is 0.159. The van der Waals surface area contributed by atoms with E-state index in [2.05, 4.69) is 41.7 Å². The lowest BCUT2D eigenvalue weighted by Gasteiger charge is -2.20. The van der Waals surface area contributed by atoms with Crippen LogP contribution in [-0.4, -0.2) is 67.6 Å². The Hall–Kier alpha value is -2.86. The number of urea groups is 1. The van der Waals surface area contributed by atoms with Crippen LogP contribution in [0.25, 0.3) is 11.3 Å². The summed E-state index contributed by atoms with van der Waals surface area (Å²) in [6, 6.07) is 10.2. The second-order valence-electron chi connectivity index (χ2n) is 8.67. The fraction of sp³-hybridized carbons (Fsp3) is 0.360. The fourth-order valence-electron chi connectivity index (χ4n) is 4.42. The first-order chi connectivity index (χ1) is 17.4. The SMILES string of the molecule is COCCN1C[C@@H](NC(=O)Nc2cc(-c3ccc(Br)c(COC)c3)[nH]n2)[C@H](c2cc(F)cc(F)c2)C1. The Bertz CT molecular complexity index is 1190. The molecule has 2 heterocycles. The maximum absolute atomic E-state index is 13.9. The molecule has 1 aromatic heterocycles. The molecule has 1 fully saturated rings. The highest BCUT2D eigenvalue weighted by Crippen LogP contribution is 2.29. The molecule has 0 radical (unpaired) electrons. The van der Waals surface area contributed by atoms with Gasteiger partial charge in [-0.1, -0.05) is 22.0 Å². The smallest absolute Gasteiger partial charge is 0.320 e. The van der Waals surface area contributed by atoms with E-state index in [4.69, 9.17) is 9.47 Å². The van der Waals surface area contributed by atoms with E-state index in [1.54, 1.807) is 20.3 Å². The molecule has 2 aromatic carbocycles. The third-order valence-corrected chi connectivity index (χ3v) is 6.89. The van der Waals surface area contributed by atoms with E-state index in [1.165, 1.54) is 12.1 Å². The summed E-state index contributed by atoms with van der Waals surface area (Å²) in [4.78, 5) is 14.9. The van der Waals surface area contributed by atoms with Crippen LogP contribution in [0.2, 0.25) is 0 Å². The predicted molar refractivity (Wildman–Crippen MR) is 136 cm³/mol. The number of aromatic nitrogens is 2. The van der Waals surface area contributed by atoms with Gasteiger partial charge in [-0.15, -0.1) is 0 Å². The summed E-state index contributed by atoms with van der Waals surface area (Å²) in [6.45, 7) is 2.67. The number of anilines is 1. The number of likely N-dealkylation sites (tertiary alicyclic amines) is 1. The number of hydrogen-bond acceptors (Lipinski definition) is 5. The summed E-state index contributed by atoms with van der Waals surface area (Å²) < 4.78 is 39.1. The van der Waals surface area contributed by atoms with E-state index >= 15 is 0 Å². The molecule has 1 aliphatic rings. The molecule has 11 heteroatoms. The zero-order valence-electron chi connectivity index (χ0n) is 20.0. The molecule has 0 aliphatic carbocycles. The lowest BCUT2D eigenvalue weighted by Crippen LogP contribution is -2.42. The summed E-state index contributed by atoms with van der Waals surface area (Å²) in [5.41, 5.74) is 3.11. The number of halogens is 3. The highest BCUT2D eigenvalue weighted by atomic mass is 79.9. The highest BCUT2D eigenvalue weighted by Gasteiger charge is 2.35. The van der Waals surface area contributed by atoms with Crippen molar-refractivity contribution < 1.29 is 23.0 Å². The second-order valence-corrected chi connectivity index (χ2v) is 9.53. The molecule has 0 spiro atoms. The van der Waals surface area contributed by atoms with Crippen LogP contribution < -0.4 is 10.6 Å². The van der Waals surface area contributed by atoms with Crippen molar-refractivity contribution in [2.45, 2.75) is 18.6 Å². The summed E-state index contributed by atoms with van der Waals surface area (Å²) in [5, 5.41) is 12.8. The molecule has 0 bridgehead atoms. The van der Waals surface area contributed by atoms with Gasteiger partial charge in [-0.3, -0.25) is 15.3 Å². The van der Waals surface area contributed by atoms with Gasteiger partial charge in [-0.2, -0.15) is 5.10 Å². The van der Waals surface area contributed by atoms with Crippen molar-refractivity contribution >= 4 is 27.8 Å². The van der Waals surface area contributed by atoms with E-state index in [0.717, 1.165) is 27.4 Å². The average molecular weight is 564 g/mol. The predicted octanol–water partition coefficient (Wildman–Crippen LogP) is 4.50. The molecule has 1 saturated heterocycles. The van der Waals surface area contributed by atoms with Gasteiger partial charge < -0.3 is 14.8 Å². The average Bonchev–Trinajstić information content (AvgIpc) is 3.45. The van der Waals surface area contributed by atoms with Crippen LogP contribution in [0.15, 0.2) is 46.9 Å². The summed E-state index contributed by atoms with van der Waals surface area (Å²) in [5.74, 6) is -1.22. The summed E-state index contributed by atoms with van der Waals surface area (Å²) in [7, 11) is 3.25.